The van der Waals surface area contributed by atoms with Crippen LogP contribution in [0.15, 0.2) is 42.5 Å². The summed E-state index contributed by atoms with van der Waals surface area (Å²) >= 11 is 0. The van der Waals surface area contributed by atoms with Crippen molar-refractivity contribution in [2.45, 2.75) is 19.4 Å². The molecular formula is C17H19F2NO. The second-order valence-electron chi connectivity index (χ2n) is 4.88. The Bertz CT molecular complexity index is 601. The first-order valence-electron chi connectivity index (χ1n) is 6.92. The Morgan fingerprint density at radius 2 is 1.86 bits per heavy atom. The number of halogens is 2. The zero-order valence-electron chi connectivity index (χ0n) is 12.2. The fourth-order valence-corrected chi connectivity index (χ4v) is 2.30. The number of benzene rings is 2. The van der Waals surface area contributed by atoms with E-state index >= 15 is 0 Å². The van der Waals surface area contributed by atoms with Crippen LogP contribution in [0, 0.1) is 11.6 Å². The molecule has 0 aliphatic carbocycles. The van der Waals surface area contributed by atoms with E-state index in [4.69, 9.17) is 4.74 Å². The maximum absolute atomic E-state index is 13.7. The van der Waals surface area contributed by atoms with Crippen LogP contribution in [-0.4, -0.2) is 13.7 Å². The van der Waals surface area contributed by atoms with Gasteiger partial charge in [0.15, 0.2) is 11.6 Å². The lowest BCUT2D eigenvalue weighted by Crippen LogP contribution is -2.22. The third-order valence-electron chi connectivity index (χ3n) is 3.49. The molecule has 0 spiro atoms. The van der Waals surface area contributed by atoms with E-state index in [1.54, 1.807) is 13.2 Å². The van der Waals surface area contributed by atoms with Crippen molar-refractivity contribution < 1.29 is 13.5 Å². The number of nitrogens with one attached hydrogen (secondary N) is 1. The summed E-state index contributed by atoms with van der Waals surface area (Å²) in [5.41, 5.74) is 1.43. The highest BCUT2D eigenvalue weighted by Crippen LogP contribution is 2.20. The van der Waals surface area contributed by atoms with Gasteiger partial charge in [0.2, 0.25) is 0 Å². The minimum atomic E-state index is -0.814. The monoisotopic (exact) mass is 291 g/mol. The SMILES string of the molecule is COc1ccccc1CCNC(C)c1cccc(F)c1F. The molecule has 1 atom stereocenters. The van der Waals surface area contributed by atoms with E-state index in [1.807, 2.05) is 31.2 Å². The molecule has 2 rings (SSSR count). The second kappa shape index (κ2) is 7.18. The Morgan fingerprint density at radius 1 is 1.10 bits per heavy atom. The van der Waals surface area contributed by atoms with Crippen molar-refractivity contribution >= 4 is 0 Å². The van der Waals surface area contributed by atoms with E-state index in [0.29, 0.717) is 12.1 Å². The highest BCUT2D eigenvalue weighted by Gasteiger charge is 2.13. The molecule has 0 heterocycles. The molecule has 2 aromatic carbocycles. The van der Waals surface area contributed by atoms with Gasteiger partial charge in [-0.3, -0.25) is 0 Å². The predicted molar refractivity (Wildman–Crippen MR) is 79.5 cm³/mol. The zero-order chi connectivity index (χ0) is 15.2. The van der Waals surface area contributed by atoms with Crippen molar-refractivity contribution in [3.8, 4) is 5.75 Å². The summed E-state index contributed by atoms with van der Waals surface area (Å²) in [7, 11) is 1.64. The Balaban J connectivity index is 1.95. The quantitative estimate of drug-likeness (QED) is 0.872. The first-order chi connectivity index (χ1) is 10.1. The minimum absolute atomic E-state index is 0.254. The third kappa shape index (κ3) is 3.79. The summed E-state index contributed by atoms with van der Waals surface area (Å²) < 4.78 is 32.2. The molecule has 4 heteroatoms. The van der Waals surface area contributed by atoms with Gasteiger partial charge in [0.05, 0.1) is 7.11 Å². The molecule has 0 bridgehead atoms. The van der Waals surface area contributed by atoms with Crippen LogP contribution in [0.5, 0.6) is 5.75 Å². The smallest absolute Gasteiger partial charge is 0.163 e. The van der Waals surface area contributed by atoms with Gasteiger partial charge in [0.25, 0.3) is 0 Å². The fourth-order valence-electron chi connectivity index (χ4n) is 2.30. The summed E-state index contributed by atoms with van der Waals surface area (Å²) in [5.74, 6) is -0.760. The Morgan fingerprint density at radius 3 is 2.62 bits per heavy atom. The molecule has 0 saturated heterocycles. The van der Waals surface area contributed by atoms with Gasteiger partial charge in [-0.25, -0.2) is 8.78 Å². The molecule has 0 aromatic heterocycles. The maximum Gasteiger partial charge on any atom is 0.163 e. The molecule has 0 aliphatic rings. The molecule has 21 heavy (non-hydrogen) atoms. The van der Waals surface area contributed by atoms with E-state index in [2.05, 4.69) is 5.32 Å². The van der Waals surface area contributed by atoms with E-state index in [-0.39, 0.29) is 6.04 Å². The zero-order valence-corrected chi connectivity index (χ0v) is 12.2. The van der Waals surface area contributed by atoms with Crippen LogP contribution in [-0.2, 0) is 6.42 Å². The van der Waals surface area contributed by atoms with Gasteiger partial charge in [0.1, 0.15) is 5.75 Å². The molecule has 2 aromatic rings. The van der Waals surface area contributed by atoms with Crippen molar-refractivity contribution in [3.05, 3.63) is 65.2 Å². The number of hydrogen-bond acceptors (Lipinski definition) is 2. The van der Waals surface area contributed by atoms with Crippen LogP contribution in [0.2, 0.25) is 0 Å². The first kappa shape index (κ1) is 15.4. The lowest BCUT2D eigenvalue weighted by molar-refractivity contribution is 0.408. The van der Waals surface area contributed by atoms with E-state index in [1.165, 1.54) is 6.07 Å². The normalized spacial score (nSPS) is 12.2. The van der Waals surface area contributed by atoms with E-state index in [9.17, 15) is 8.78 Å². The lowest BCUT2D eigenvalue weighted by Gasteiger charge is -2.16. The lowest BCUT2D eigenvalue weighted by atomic mass is 10.1. The summed E-state index contributed by atoms with van der Waals surface area (Å²) in [6.07, 6.45) is 0.755. The van der Waals surface area contributed by atoms with Gasteiger partial charge in [0, 0.05) is 11.6 Å². The molecule has 112 valence electrons. The number of ether oxygens (including phenoxy) is 1. The molecular weight excluding hydrogens is 272 g/mol. The summed E-state index contributed by atoms with van der Waals surface area (Å²) in [6.45, 7) is 2.47. The Kier molecular flexibility index (Phi) is 5.28. The number of para-hydroxylation sites is 1. The predicted octanol–water partition coefficient (Wildman–Crippen LogP) is 3.87. The van der Waals surface area contributed by atoms with Gasteiger partial charge >= 0.3 is 0 Å². The van der Waals surface area contributed by atoms with Gasteiger partial charge in [-0.2, -0.15) is 0 Å². The number of hydrogen-bond donors (Lipinski definition) is 1. The number of rotatable bonds is 6. The Hall–Kier alpha value is -1.94. The van der Waals surface area contributed by atoms with E-state index in [0.717, 1.165) is 23.8 Å². The maximum atomic E-state index is 13.7. The van der Waals surface area contributed by atoms with Gasteiger partial charge in [-0.05, 0) is 37.6 Å². The highest BCUT2D eigenvalue weighted by atomic mass is 19.2. The average molecular weight is 291 g/mol. The van der Waals surface area contributed by atoms with Gasteiger partial charge < -0.3 is 10.1 Å². The average Bonchev–Trinajstić information content (AvgIpc) is 2.50. The van der Waals surface area contributed by atoms with Crippen molar-refractivity contribution in [1.82, 2.24) is 5.32 Å². The summed E-state index contributed by atoms with van der Waals surface area (Å²) in [5, 5.41) is 3.20. The van der Waals surface area contributed by atoms with Crippen LogP contribution in [0.25, 0.3) is 0 Å². The molecule has 0 fully saturated rings. The van der Waals surface area contributed by atoms with Crippen molar-refractivity contribution in [3.63, 3.8) is 0 Å². The van der Waals surface area contributed by atoms with Crippen molar-refractivity contribution in [2.75, 3.05) is 13.7 Å². The van der Waals surface area contributed by atoms with Crippen molar-refractivity contribution in [1.29, 1.82) is 0 Å². The van der Waals surface area contributed by atoms with E-state index < -0.39 is 11.6 Å². The van der Waals surface area contributed by atoms with Gasteiger partial charge in [-0.1, -0.05) is 30.3 Å². The van der Waals surface area contributed by atoms with Crippen LogP contribution in [0.3, 0.4) is 0 Å². The standard InChI is InChI=1S/C17H19F2NO/c1-12(14-7-5-8-15(18)17(14)19)20-11-10-13-6-3-4-9-16(13)21-2/h3-9,12,20H,10-11H2,1-2H3. The minimum Gasteiger partial charge on any atom is -0.496 e. The number of methoxy groups -OCH3 is 1. The van der Waals surface area contributed by atoms with Crippen LogP contribution < -0.4 is 10.1 Å². The molecule has 0 saturated carbocycles. The largest absolute Gasteiger partial charge is 0.496 e. The van der Waals surface area contributed by atoms with Crippen molar-refractivity contribution in [2.24, 2.45) is 0 Å². The fraction of sp³-hybridized carbons (Fsp3) is 0.294. The Labute approximate surface area is 123 Å². The summed E-state index contributed by atoms with van der Waals surface area (Å²) in [6, 6.07) is 11.8. The van der Waals surface area contributed by atoms with Crippen LogP contribution >= 0.6 is 0 Å². The topological polar surface area (TPSA) is 21.3 Å². The molecule has 0 radical (unpaired) electrons. The molecule has 0 amide bonds. The molecule has 0 aliphatic heterocycles. The molecule has 2 nitrogen and oxygen atoms in total. The molecule has 1 N–H and O–H groups in total. The second-order valence-corrected chi connectivity index (χ2v) is 4.88. The highest BCUT2D eigenvalue weighted by molar-refractivity contribution is 5.33. The summed E-state index contributed by atoms with van der Waals surface area (Å²) in [4.78, 5) is 0. The third-order valence-corrected chi connectivity index (χ3v) is 3.49. The van der Waals surface area contributed by atoms with Crippen LogP contribution in [0.4, 0.5) is 8.78 Å². The first-order valence-corrected chi connectivity index (χ1v) is 6.92. The van der Waals surface area contributed by atoms with Gasteiger partial charge in [-0.15, -0.1) is 0 Å². The molecule has 1 unspecified atom stereocenters. The van der Waals surface area contributed by atoms with Crippen LogP contribution in [0.1, 0.15) is 24.1 Å².